The minimum Gasteiger partial charge on any atom is -0.481 e. The number of nitrogens with one attached hydrogen (secondary N) is 2. The molecule has 1 atom stereocenters. The van der Waals surface area contributed by atoms with Gasteiger partial charge in [-0.25, -0.2) is 14.8 Å². The molecule has 1 aliphatic carbocycles. The number of carbonyl (C=O) groups is 1. The molecule has 2 aromatic heterocycles. The molecule has 0 radical (unpaired) electrons. The highest BCUT2D eigenvalue weighted by atomic mass is 35.5. The molecule has 9 nitrogen and oxygen atoms in total. The molecule has 0 bridgehead atoms. The number of rotatable bonds is 10. The Kier molecular flexibility index (Phi) is 7.95. The fourth-order valence-corrected chi connectivity index (χ4v) is 3.64. The maximum atomic E-state index is 13.3. The zero-order valence-corrected chi connectivity index (χ0v) is 19.7. The Morgan fingerprint density at radius 2 is 2.09 bits per heavy atom. The summed E-state index contributed by atoms with van der Waals surface area (Å²) in [5.74, 6) is 0.854. The number of pyridine rings is 1. The van der Waals surface area contributed by atoms with Crippen molar-refractivity contribution < 1.29 is 14.3 Å². The highest BCUT2D eigenvalue weighted by molar-refractivity contribution is 6.29. The van der Waals surface area contributed by atoms with Crippen molar-refractivity contribution in [3.63, 3.8) is 0 Å². The maximum Gasteiger partial charge on any atom is 0.407 e. The molecular weight excluding hydrogens is 434 g/mol. The predicted molar refractivity (Wildman–Crippen MR) is 123 cm³/mol. The number of carbonyl (C=O) groups excluding carboxylic acids is 1. The van der Waals surface area contributed by atoms with Gasteiger partial charge in [0.05, 0.1) is 24.5 Å². The molecule has 0 spiro atoms. The van der Waals surface area contributed by atoms with Gasteiger partial charge in [0.1, 0.15) is 11.8 Å². The summed E-state index contributed by atoms with van der Waals surface area (Å²) in [4.78, 5) is 33.8. The summed E-state index contributed by atoms with van der Waals surface area (Å²) in [7, 11) is 1.56. The normalized spacial score (nSPS) is 14.0. The highest BCUT2D eigenvalue weighted by Gasteiger charge is 2.35. The van der Waals surface area contributed by atoms with Gasteiger partial charge in [-0.1, -0.05) is 24.9 Å². The second-order valence-corrected chi connectivity index (χ2v) is 8.37. The van der Waals surface area contributed by atoms with Gasteiger partial charge in [-0.2, -0.15) is 0 Å². The Labute approximate surface area is 192 Å². The zero-order chi connectivity index (χ0) is 23.3. The lowest BCUT2D eigenvalue weighted by Gasteiger charge is -2.21. The number of nitrogens with zero attached hydrogens (tertiary/aromatic N) is 3. The number of alkyl carbamates (subject to hydrolysis) is 1. The van der Waals surface area contributed by atoms with Crippen LogP contribution in [0.25, 0.3) is 0 Å². The SMILES string of the molecule is CCCCNC(=O)OCC(C1CC1)n1cc(Cl)nc(Nc2cc(C)c(OC)nc2C)c1=O. The number of anilines is 2. The zero-order valence-electron chi connectivity index (χ0n) is 18.9. The van der Waals surface area contributed by atoms with Gasteiger partial charge in [0, 0.05) is 18.3 Å². The summed E-state index contributed by atoms with van der Waals surface area (Å²) in [6.07, 6.45) is 4.80. The summed E-state index contributed by atoms with van der Waals surface area (Å²) < 4.78 is 12.2. The third-order valence-electron chi connectivity index (χ3n) is 5.41. The fraction of sp³-hybridized carbons (Fsp3) is 0.545. The Morgan fingerprint density at radius 3 is 2.75 bits per heavy atom. The lowest BCUT2D eigenvalue weighted by atomic mass is 10.2. The molecule has 32 heavy (non-hydrogen) atoms. The predicted octanol–water partition coefficient (Wildman–Crippen LogP) is 4.14. The van der Waals surface area contributed by atoms with Crippen molar-refractivity contribution in [2.45, 2.75) is 52.5 Å². The highest BCUT2D eigenvalue weighted by Crippen LogP contribution is 2.39. The first-order chi connectivity index (χ1) is 15.3. The van der Waals surface area contributed by atoms with Crippen LogP contribution < -0.4 is 20.9 Å². The molecule has 1 amide bonds. The molecule has 2 aromatic rings. The van der Waals surface area contributed by atoms with E-state index in [0.717, 1.165) is 31.2 Å². The lowest BCUT2D eigenvalue weighted by molar-refractivity contribution is 0.122. The van der Waals surface area contributed by atoms with Crippen molar-refractivity contribution in [2.75, 3.05) is 25.6 Å². The molecular formula is C22H30ClN5O4. The number of methoxy groups -OCH3 is 1. The van der Waals surface area contributed by atoms with Gasteiger partial charge in [-0.3, -0.25) is 4.79 Å². The van der Waals surface area contributed by atoms with Crippen LogP contribution in [0.2, 0.25) is 5.15 Å². The Balaban J connectivity index is 1.82. The van der Waals surface area contributed by atoms with Crippen LogP contribution in [0.1, 0.15) is 49.9 Å². The third-order valence-corrected chi connectivity index (χ3v) is 5.60. The molecule has 2 N–H and O–H groups in total. The van der Waals surface area contributed by atoms with E-state index in [9.17, 15) is 9.59 Å². The van der Waals surface area contributed by atoms with Crippen molar-refractivity contribution in [1.82, 2.24) is 19.9 Å². The van der Waals surface area contributed by atoms with Crippen LogP contribution in [0.3, 0.4) is 0 Å². The van der Waals surface area contributed by atoms with Gasteiger partial charge < -0.3 is 24.7 Å². The van der Waals surface area contributed by atoms with Gasteiger partial charge in [0.2, 0.25) is 5.88 Å². The monoisotopic (exact) mass is 463 g/mol. The number of ether oxygens (including phenoxy) is 2. The maximum absolute atomic E-state index is 13.3. The summed E-state index contributed by atoms with van der Waals surface area (Å²) in [5, 5.41) is 5.95. The van der Waals surface area contributed by atoms with Crippen molar-refractivity contribution in [3.8, 4) is 5.88 Å². The van der Waals surface area contributed by atoms with Crippen LogP contribution in [0.4, 0.5) is 16.3 Å². The number of halogens is 1. The molecule has 0 aliphatic heterocycles. The molecule has 0 saturated heterocycles. The van der Waals surface area contributed by atoms with Crippen LogP contribution in [-0.2, 0) is 4.74 Å². The minimum absolute atomic E-state index is 0.0878. The molecule has 10 heteroatoms. The third kappa shape index (κ3) is 5.91. The number of aryl methyl sites for hydroxylation is 2. The van der Waals surface area contributed by atoms with E-state index >= 15 is 0 Å². The van der Waals surface area contributed by atoms with E-state index in [-0.39, 0.29) is 35.1 Å². The van der Waals surface area contributed by atoms with Gasteiger partial charge in [-0.05, 0) is 45.1 Å². The lowest BCUT2D eigenvalue weighted by Crippen LogP contribution is -2.33. The van der Waals surface area contributed by atoms with Crippen LogP contribution in [-0.4, -0.2) is 40.9 Å². The fourth-order valence-electron chi connectivity index (χ4n) is 3.45. The number of unbranched alkanes of at least 4 members (excludes halogenated alkanes) is 1. The number of hydrogen-bond acceptors (Lipinski definition) is 7. The quantitative estimate of drug-likeness (QED) is 0.510. The van der Waals surface area contributed by atoms with Crippen molar-refractivity contribution in [3.05, 3.63) is 39.0 Å². The standard InChI is InChI=1S/C22H30ClN5O4/c1-5-6-9-24-22(30)32-12-17(15-7-8-15)28-11-18(23)27-19(21(28)29)26-16-10-13(2)20(31-4)25-14(16)3/h10-11,15,17H,5-9,12H2,1-4H3,(H,24,30)(H,26,27). The molecule has 0 aromatic carbocycles. The van der Waals surface area contributed by atoms with Crippen LogP contribution in [0.5, 0.6) is 5.88 Å². The van der Waals surface area contributed by atoms with Crippen LogP contribution in [0.15, 0.2) is 17.1 Å². The van der Waals surface area contributed by atoms with E-state index in [2.05, 4.69) is 20.6 Å². The first-order valence-corrected chi connectivity index (χ1v) is 11.2. The van der Waals surface area contributed by atoms with E-state index in [0.29, 0.717) is 23.8 Å². The second kappa shape index (κ2) is 10.7. The summed E-state index contributed by atoms with van der Waals surface area (Å²) in [6, 6.07) is 1.53. The molecule has 1 saturated carbocycles. The Hall–Kier alpha value is -2.81. The van der Waals surface area contributed by atoms with E-state index in [4.69, 9.17) is 21.1 Å². The van der Waals surface area contributed by atoms with Crippen LogP contribution >= 0.6 is 11.6 Å². The molecule has 1 aliphatic rings. The summed E-state index contributed by atoms with van der Waals surface area (Å²) in [6.45, 7) is 6.38. The Morgan fingerprint density at radius 1 is 1.34 bits per heavy atom. The average Bonchev–Trinajstić information content (AvgIpc) is 3.59. The van der Waals surface area contributed by atoms with Crippen molar-refractivity contribution in [1.29, 1.82) is 0 Å². The van der Waals surface area contributed by atoms with Crippen molar-refractivity contribution >= 4 is 29.2 Å². The van der Waals surface area contributed by atoms with E-state index in [1.165, 1.54) is 10.8 Å². The smallest absolute Gasteiger partial charge is 0.407 e. The van der Waals surface area contributed by atoms with Gasteiger partial charge in [0.25, 0.3) is 5.56 Å². The molecule has 1 unspecified atom stereocenters. The van der Waals surface area contributed by atoms with Gasteiger partial charge in [0.15, 0.2) is 5.82 Å². The van der Waals surface area contributed by atoms with E-state index in [1.54, 1.807) is 7.11 Å². The van der Waals surface area contributed by atoms with Gasteiger partial charge in [-0.15, -0.1) is 0 Å². The average molecular weight is 464 g/mol. The Bertz CT molecular complexity index is 1020. The summed E-state index contributed by atoms with van der Waals surface area (Å²) in [5.41, 5.74) is 1.78. The van der Waals surface area contributed by atoms with Crippen LogP contribution in [0, 0.1) is 19.8 Å². The number of hydrogen-bond donors (Lipinski definition) is 2. The number of aromatic nitrogens is 3. The van der Waals surface area contributed by atoms with E-state index < -0.39 is 6.09 Å². The largest absolute Gasteiger partial charge is 0.481 e. The van der Waals surface area contributed by atoms with Gasteiger partial charge >= 0.3 is 6.09 Å². The van der Waals surface area contributed by atoms with E-state index in [1.807, 2.05) is 26.8 Å². The van der Waals surface area contributed by atoms with Crippen molar-refractivity contribution in [2.24, 2.45) is 5.92 Å². The molecule has 3 rings (SSSR count). The molecule has 174 valence electrons. The topological polar surface area (TPSA) is 107 Å². The molecule has 1 fully saturated rings. The second-order valence-electron chi connectivity index (χ2n) is 7.98. The first kappa shape index (κ1) is 23.8. The minimum atomic E-state index is -0.481. The molecule has 2 heterocycles. The first-order valence-electron chi connectivity index (χ1n) is 10.8. The number of amides is 1. The summed E-state index contributed by atoms with van der Waals surface area (Å²) >= 11 is 6.26.